The Bertz CT molecular complexity index is 755. The SMILES string of the molecule is C=C(C)COCCCOc1ccc(/N=N/c2ccc([N+](=O)[O-])cc2)cc1. The van der Waals surface area contributed by atoms with Crippen molar-refractivity contribution in [2.24, 2.45) is 10.2 Å². The molecule has 2 aromatic carbocycles. The van der Waals surface area contributed by atoms with Gasteiger partial charge in [-0.05, 0) is 43.3 Å². The molecule has 0 saturated heterocycles. The first-order valence-corrected chi connectivity index (χ1v) is 8.16. The summed E-state index contributed by atoms with van der Waals surface area (Å²) in [6.45, 7) is 7.48. The lowest BCUT2D eigenvalue weighted by molar-refractivity contribution is -0.384. The lowest BCUT2D eigenvalue weighted by Gasteiger charge is -2.07. The summed E-state index contributed by atoms with van der Waals surface area (Å²) in [5.74, 6) is 0.749. The van der Waals surface area contributed by atoms with E-state index in [0.29, 0.717) is 31.2 Å². The summed E-state index contributed by atoms with van der Waals surface area (Å²) in [6.07, 6.45) is 0.800. The maximum absolute atomic E-state index is 10.6. The Morgan fingerprint density at radius 3 is 2.15 bits per heavy atom. The molecule has 0 unspecified atom stereocenters. The number of ether oxygens (including phenoxy) is 2. The molecule has 2 aromatic rings. The Hall–Kier alpha value is -3.06. The van der Waals surface area contributed by atoms with E-state index < -0.39 is 4.92 Å². The second-order valence-corrected chi connectivity index (χ2v) is 5.68. The number of azo groups is 1. The monoisotopic (exact) mass is 355 g/mol. The molecule has 0 aliphatic rings. The van der Waals surface area contributed by atoms with Gasteiger partial charge < -0.3 is 9.47 Å². The van der Waals surface area contributed by atoms with Gasteiger partial charge in [0.05, 0.1) is 36.1 Å². The summed E-state index contributed by atoms with van der Waals surface area (Å²) in [7, 11) is 0. The summed E-state index contributed by atoms with van der Waals surface area (Å²) in [4.78, 5) is 10.2. The highest BCUT2D eigenvalue weighted by atomic mass is 16.6. The van der Waals surface area contributed by atoms with Gasteiger partial charge in [-0.25, -0.2) is 0 Å². The fraction of sp³-hybridized carbons (Fsp3) is 0.263. The predicted molar refractivity (Wildman–Crippen MR) is 99.5 cm³/mol. The van der Waals surface area contributed by atoms with Crippen LogP contribution >= 0.6 is 0 Å². The van der Waals surface area contributed by atoms with Crippen molar-refractivity contribution in [2.75, 3.05) is 19.8 Å². The van der Waals surface area contributed by atoms with Crippen LogP contribution in [0.2, 0.25) is 0 Å². The fourth-order valence-corrected chi connectivity index (χ4v) is 1.96. The van der Waals surface area contributed by atoms with Crippen LogP contribution in [0.3, 0.4) is 0 Å². The Kier molecular flexibility index (Phi) is 7.45. The minimum atomic E-state index is -0.452. The van der Waals surface area contributed by atoms with Crippen LogP contribution in [-0.4, -0.2) is 24.7 Å². The standard InChI is InChI=1S/C19H21N3O4/c1-15(2)14-25-12-3-13-26-19-10-6-17(7-11-19)21-20-16-4-8-18(9-5-16)22(23)24/h4-11H,1,3,12-14H2,2H3/b21-20+. The van der Waals surface area contributed by atoms with Crippen LogP contribution in [0, 0.1) is 10.1 Å². The van der Waals surface area contributed by atoms with Crippen molar-refractivity contribution in [1.82, 2.24) is 0 Å². The molecule has 0 N–H and O–H groups in total. The number of rotatable bonds is 10. The molecular weight excluding hydrogens is 334 g/mol. The third-order valence-electron chi connectivity index (χ3n) is 3.23. The minimum Gasteiger partial charge on any atom is -0.494 e. The molecule has 2 rings (SSSR count). The molecule has 0 radical (unpaired) electrons. The number of nitrogens with zero attached hydrogens (tertiary/aromatic N) is 3. The molecule has 0 aliphatic carbocycles. The fourth-order valence-electron chi connectivity index (χ4n) is 1.96. The van der Waals surface area contributed by atoms with Crippen molar-refractivity contribution in [3.8, 4) is 5.75 Å². The van der Waals surface area contributed by atoms with E-state index in [0.717, 1.165) is 17.7 Å². The van der Waals surface area contributed by atoms with Crippen molar-refractivity contribution < 1.29 is 14.4 Å². The number of non-ortho nitro benzene ring substituents is 1. The van der Waals surface area contributed by atoms with Crippen LogP contribution in [0.1, 0.15) is 13.3 Å². The average molecular weight is 355 g/mol. The van der Waals surface area contributed by atoms with Crippen molar-refractivity contribution in [1.29, 1.82) is 0 Å². The van der Waals surface area contributed by atoms with Crippen LogP contribution < -0.4 is 4.74 Å². The summed E-state index contributed by atoms with van der Waals surface area (Å²) in [6, 6.07) is 13.1. The van der Waals surface area contributed by atoms with Crippen LogP contribution in [0.15, 0.2) is 70.9 Å². The Morgan fingerprint density at radius 1 is 1.04 bits per heavy atom. The molecule has 0 heterocycles. The molecule has 0 atom stereocenters. The zero-order valence-corrected chi connectivity index (χ0v) is 14.6. The largest absolute Gasteiger partial charge is 0.494 e. The lowest BCUT2D eigenvalue weighted by atomic mass is 10.3. The van der Waals surface area contributed by atoms with Crippen LogP contribution in [-0.2, 0) is 4.74 Å². The molecule has 0 fully saturated rings. The van der Waals surface area contributed by atoms with E-state index in [9.17, 15) is 10.1 Å². The third kappa shape index (κ3) is 6.82. The first-order valence-electron chi connectivity index (χ1n) is 8.16. The first kappa shape index (κ1) is 19.3. The van der Waals surface area contributed by atoms with E-state index in [-0.39, 0.29) is 5.69 Å². The smallest absolute Gasteiger partial charge is 0.269 e. The summed E-state index contributed by atoms with van der Waals surface area (Å²) in [5.41, 5.74) is 2.24. The molecule has 0 bridgehead atoms. The number of hydrogen-bond acceptors (Lipinski definition) is 6. The Morgan fingerprint density at radius 2 is 1.62 bits per heavy atom. The van der Waals surface area contributed by atoms with Gasteiger partial charge in [0.1, 0.15) is 5.75 Å². The summed E-state index contributed by atoms with van der Waals surface area (Å²) in [5, 5.41) is 18.8. The summed E-state index contributed by atoms with van der Waals surface area (Å²) < 4.78 is 11.0. The van der Waals surface area contributed by atoms with Gasteiger partial charge in [0, 0.05) is 18.6 Å². The highest BCUT2D eigenvalue weighted by Gasteiger charge is 2.03. The van der Waals surface area contributed by atoms with Gasteiger partial charge in [0.2, 0.25) is 0 Å². The quantitative estimate of drug-likeness (QED) is 0.188. The van der Waals surface area contributed by atoms with Gasteiger partial charge in [-0.1, -0.05) is 12.2 Å². The second kappa shape index (κ2) is 10.0. The number of nitro benzene ring substituents is 1. The number of hydrogen-bond donors (Lipinski definition) is 0. The zero-order chi connectivity index (χ0) is 18.8. The average Bonchev–Trinajstić information content (AvgIpc) is 2.64. The molecular formula is C19H21N3O4. The zero-order valence-electron chi connectivity index (χ0n) is 14.6. The van der Waals surface area contributed by atoms with Crippen LogP contribution in [0.4, 0.5) is 17.1 Å². The van der Waals surface area contributed by atoms with E-state index in [2.05, 4.69) is 16.8 Å². The highest BCUT2D eigenvalue weighted by molar-refractivity contribution is 5.45. The molecule has 0 amide bonds. The molecule has 0 aliphatic heterocycles. The first-order chi connectivity index (χ1) is 12.5. The Balaban J connectivity index is 1.77. The number of nitro groups is 1. The van der Waals surface area contributed by atoms with Gasteiger partial charge in [-0.3, -0.25) is 10.1 Å². The van der Waals surface area contributed by atoms with E-state index in [1.54, 1.807) is 24.3 Å². The van der Waals surface area contributed by atoms with Gasteiger partial charge in [0.25, 0.3) is 5.69 Å². The van der Waals surface area contributed by atoms with Crippen molar-refractivity contribution in [2.45, 2.75) is 13.3 Å². The minimum absolute atomic E-state index is 0.0236. The highest BCUT2D eigenvalue weighted by Crippen LogP contribution is 2.23. The maximum Gasteiger partial charge on any atom is 0.269 e. The molecule has 0 spiro atoms. The molecule has 0 saturated carbocycles. The third-order valence-corrected chi connectivity index (χ3v) is 3.23. The van der Waals surface area contributed by atoms with E-state index in [1.165, 1.54) is 12.1 Å². The molecule has 136 valence electrons. The molecule has 0 aromatic heterocycles. The van der Waals surface area contributed by atoms with Crippen LogP contribution in [0.25, 0.3) is 0 Å². The topological polar surface area (TPSA) is 86.3 Å². The van der Waals surface area contributed by atoms with E-state index in [4.69, 9.17) is 9.47 Å². The van der Waals surface area contributed by atoms with Crippen molar-refractivity contribution >= 4 is 17.1 Å². The van der Waals surface area contributed by atoms with Crippen molar-refractivity contribution in [3.05, 3.63) is 70.8 Å². The van der Waals surface area contributed by atoms with Gasteiger partial charge in [-0.15, -0.1) is 0 Å². The van der Waals surface area contributed by atoms with E-state index >= 15 is 0 Å². The summed E-state index contributed by atoms with van der Waals surface area (Å²) >= 11 is 0. The van der Waals surface area contributed by atoms with Gasteiger partial charge in [0.15, 0.2) is 0 Å². The van der Waals surface area contributed by atoms with Gasteiger partial charge in [-0.2, -0.15) is 10.2 Å². The predicted octanol–water partition coefficient (Wildman–Crippen LogP) is 5.37. The normalized spacial score (nSPS) is 10.8. The number of benzene rings is 2. The molecule has 26 heavy (non-hydrogen) atoms. The molecule has 7 heteroatoms. The van der Waals surface area contributed by atoms with Gasteiger partial charge >= 0.3 is 0 Å². The second-order valence-electron chi connectivity index (χ2n) is 5.68. The van der Waals surface area contributed by atoms with E-state index in [1.807, 2.05) is 19.1 Å². The Labute approximate surface area is 152 Å². The van der Waals surface area contributed by atoms with Crippen molar-refractivity contribution in [3.63, 3.8) is 0 Å². The lowest BCUT2D eigenvalue weighted by Crippen LogP contribution is -2.04. The molecule has 7 nitrogen and oxygen atoms in total. The van der Waals surface area contributed by atoms with Crippen LogP contribution in [0.5, 0.6) is 5.75 Å². The maximum atomic E-state index is 10.6.